The smallest absolute Gasteiger partial charge is 0.227 e. The minimum atomic E-state index is 0.0136. The molecule has 0 unspecified atom stereocenters. The van der Waals surface area contributed by atoms with Gasteiger partial charge in [-0.05, 0) is 17.4 Å². The van der Waals surface area contributed by atoms with Crippen LogP contribution >= 0.6 is 0 Å². The van der Waals surface area contributed by atoms with Crippen molar-refractivity contribution in [2.24, 2.45) is 5.92 Å². The summed E-state index contributed by atoms with van der Waals surface area (Å²) in [5.74, 6) is 2.02. The molecule has 0 saturated carbocycles. The molecule has 0 bridgehead atoms. The number of amides is 1. The summed E-state index contributed by atoms with van der Waals surface area (Å²) in [6.07, 6.45) is 0.821. The highest BCUT2D eigenvalue weighted by Gasteiger charge is 2.11. The minimum absolute atomic E-state index is 0.0136. The number of aryl methyl sites for hydroxylation is 1. The number of nitrogens with zero attached hydrogens (tertiary/aromatic N) is 2. The van der Waals surface area contributed by atoms with Crippen molar-refractivity contribution in [1.82, 2.24) is 15.5 Å². The second kappa shape index (κ2) is 7.90. The van der Waals surface area contributed by atoms with Crippen molar-refractivity contribution in [2.45, 2.75) is 46.5 Å². The molecule has 5 nitrogen and oxygen atoms in total. The molecule has 1 heterocycles. The Morgan fingerprint density at radius 2 is 1.87 bits per heavy atom. The van der Waals surface area contributed by atoms with Gasteiger partial charge in [-0.25, -0.2) is 0 Å². The number of rotatable bonds is 7. The normalized spacial score (nSPS) is 11.2. The number of aromatic nitrogens is 2. The van der Waals surface area contributed by atoms with Crippen LogP contribution in [-0.2, 0) is 11.2 Å². The number of carbonyl (C=O) groups is 1. The fourth-order valence-electron chi connectivity index (χ4n) is 2.12. The van der Waals surface area contributed by atoms with Gasteiger partial charge in [0.2, 0.25) is 17.6 Å². The number of hydrogen-bond acceptors (Lipinski definition) is 4. The van der Waals surface area contributed by atoms with Crippen LogP contribution in [0.4, 0.5) is 0 Å². The average Bonchev–Trinajstić information content (AvgIpc) is 3.00. The van der Waals surface area contributed by atoms with Gasteiger partial charge >= 0.3 is 0 Å². The van der Waals surface area contributed by atoms with Crippen molar-refractivity contribution in [1.29, 1.82) is 0 Å². The summed E-state index contributed by atoms with van der Waals surface area (Å²) < 4.78 is 5.23. The first kappa shape index (κ1) is 17.2. The van der Waals surface area contributed by atoms with Gasteiger partial charge in [-0.1, -0.05) is 57.1 Å². The highest BCUT2D eigenvalue weighted by Crippen LogP contribution is 2.20. The maximum atomic E-state index is 11.7. The molecule has 0 aliphatic heterocycles. The van der Waals surface area contributed by atoms with Gasteiger partial charge in [0.05, 0.1) is 0 Å². The summed E-state index contributed by atoms with van der Waals surface area (Å²) in [6, 6.07) is 8.16. The molecular formula is C18H25N3O2. The van der Waals surface area contributed by atoms with E-state index in [9.17, 15) is 4.79 Å². The molecule has 1 amide bonds. The van der Waals surface area contributed by atoms with Crippen molar-refractivity contribution in [3.8, 4) is 11.4 Å². The molecule has 2 rings (SSSR count). The van der Waals surface area contributed by atoms with Crippen LogP contribution in [0.25, 0.3) is 11.4 Å². The predicted molar refractivity (Wildman–Crippen MR) is 90.0 cm³/mol. The molecule has 5 heteroatoms. The van der Waals surface area contributed by atoms with Crippen LogP contribution < -0.4 is 5.32 Å². The van der Waals surface area contributed by atoms with Gasteiger partial charge in [0.15, 0.2) is 0 Å². The Hall–Kier alpha value is -2.17. The lowest BCUT2D eigenvalue weighted by Crippen LogP contribution is -2.27. The summed E-state index contributed by atoms with van der Waals surface area (Å²) in [5, 5.41) is 6.87. The molecule has 1 N–H and O–H groups in total. The summed E-state index contributed by atoms with van der Waals surface area (Å²) in [5.41, 5.74) is 2.20. The van der Waals surface area contributed by atoms with Crippen LogP contribution in [0.2, 0.25) is 0 Å². The molecule has 0 aliphatic carbocycles. The number of nitrogens with one attached hydrogen (secondary N) is 1. The lowest BCUT2D eigenvalue weighted by Gasteiger charge is -2.06. The largest absolute Gasteiger partial charge is 0.356 e. The van der Waals surface area contributed by atoms with Crippen molar-refractivity contribution in [3.05, 3.63) is 35.7 Å². The topological polar surface area (TPSA) is 68.0 Å². The van der Waals surface area contributed by atoms with Crippen molar-refractivity contribution in [3.63, 3.8) is 0 Å². The van der Waals surface area contributed by atoms with E-state index in [-0.39, 0.29) is 5.91 Å². The summed E-state index contributed by atoms with van der Waals surface area (Å²) in [4.78, 5) is 16.1. The third-order valence-electron chi connectivity index (χ3n) is 3.58. The van der Waals surface area contributed by atoms with Gasteiger partial charge in [0.25, 0.3) is 0 Å². The van der Waals surface area contributed by atoms with Gasteiger partial charge in [0, 0.05) is 24.9 Å². The van der Waals surface area contributed by atoms with Crippen LogP contribution in [0.15, 0.2) is 28.8 Å². The third-order valence-corrected chi connectivity index (χ3v) is 3.58. The zero-order valence-electron chi connectivity index (χ0n) is 14.3. The van der Waals surface area contributed by atoms with Crippen LogP contribution in [0, 0.1) is 5.92 Å². The molecule has 0 spiro atoms. The van der Waals surface area contributed by atoms with Crippen LogP contribution in [0.5, 0.6) is 0 Å². The monoisotopic (exact) mass is 315 g/mol. The molecule has 1 aromatic heterocycles. The van der Waals surface area contributed by atoms with Gasteiger partial charge in [-0.15, -0.1) is 0 Å². The SMILES string of the molecule is CC(C)CNC(=O)CCc1nc(-c2ccc(C(C)C)cc2)no1. The summed E-state index contributed by atoms with van der Waals surface area (Å²) >= 11 is 0. The van der Waals surface area contributed by atoms with E-state index in [0.29, 0.717) is 42.9 Å². The van der Waals surface area contributed by atoms with E-state index in [1.165, 1.54) is 5.56 Å². The van der Waals surface area contributed by atoms with E-state index in [4.69, 9.17) is 4.52 Å². The van der Waals surface area contributed by atoms with Crippen LogP contribution in [0.1, 0.15) is 51.5 Å². The van der Waals surface area contributed by atoms with E-state index in [1.54, 1.807) is 0 Å². The van der Waals surface area contributed by atoms with Crippen molar-refractivity contribution in [2.75, 3.05) is 6.54 Å². The highest BCUT2D eigenvalue weighted by molar-refractivity contribution is 5.76. The quantitative estimate of drug-likeness (QED) is 0.848. The van der Waals surface area contributed by atoms with Crippen molar-refractivity contribution < 1.29 is 9.32 Å². The van der Waals surface area contributed by atoms with Gasteiger partial charge in [-0.3, -0.25) is 4.79 Å². The molecule has 23 heavy (non-hydrogen) atoms. The van der Waals surface area contributed by atoms with E-state index in [2.05, 4.69) is 55.3 Å². The predicted octanol–water partition coefficient (Wildman–Crippen LogP) is 3.56. The molecule has 0 aliphatic rings. The Kier molecular flexibility index (Phi) is 5.90. The first-order chi connectivity index (χ1) is 11.0. The Balaban J connectivity index is 1.91. The van der Waals surface area contributed by atoms with E-state index in [0.717, 1.165) is 5.56 Å². The Morgan fingerprint density at radius 3 is 2.48 bits per heavy atom. The summed E-state index contributed by atoms with van der Waals surface area (Å²) in [7, 11) is 0. The fourth-order valence-corrected chi connectivity index (χ4v) is 2.12. The standard InChI is InChI=1S/C18H25N3O2/c1-12(2)11-19-16(22)9-10-17-20-18(21-23-17)15-7-5-14(6-8-15)13(3)4/h5-8,12-13H,9-11H2,1-4H3,(H,19,22). The molecule has 124 valence electrons. The minimum Gasteiger partial charge on any atom is -0.356 e. The van der Waals surface area contributed by atoms with Crippen LogP contribution in [-0.4, -0.2) is 22.6 Å². The Bertz CT molecular complexity index is 630. The lowest BCUT2D eigenvalue weighted by atomic mass is 10.0. The maximum Gasteiger partial charge on any atom is 0.227 e. The number of benzene rings is 1. The summed E-state index contributed by atoms with van der Waals surface area (Å²) in [6.45, 7) is 9.14. The molecule has 0 atom stereocenters. The highest BCUT2D eigenvalue weighted by atomic mass is 16.5. The second-order valence-electron chi connectivity index (χ2n) is 6.49. The molecule has 0 radical (unpaired) electrons. The van der Waals surface area contributed by atoms with Crippen molar-refractivity contribution >= 4 is 5.91 Å². The van der Waals surface area contributed by atoms with E-state index >= 15 is 0 Å². The number of hydrogen-bond donors (Lipinski definition) is 1. The Morgan fingerprint density at radius 1 is 1.17 bits per heavy atom. The van der Waals surface area contributed by atoms with Crippen LogP contribution in [0.3, 0.4) is 0 Å². The fraction of sp³-hybridized carbons (Fsp3) is 0.500. The first-order valence-corrected chi connectivity index (χ1v) is 8.15. The molecular weight excluding hydrogens is 290 g/mol. The van der Waals surface area contributed by atoms with E-state index in [1.807, 2.05) is 12.1 Å². The lowest BCUT2D eigenvalue weighted by molar-refractivity contribution is -0.121. The maximum absolute atomic E-state index is 11.7. The molecule has 2 aromatic rings. The van der Waals surface area contributed by atoms with Gasteiger partial charge < -0.3 is 9.84 Å². The molecule has 1 aromatic carbocycles. The first-order valence-electron chi connectivity index (χ1n) is 8.15. The zero-order chi connectivity index (χ0) is 16.8. The van der Waals surface area contributed by atoms with Gasteiger partial charge in [0.1, 0.15) is 0 Å². The van der Waals surface area contributed by atoms with Gasteiger partial charge in [-0.2, -0.15) is 4.98 Å². The molecule has 0 fully saturated rings. The Labute approximate surface area is 137 Å². The number of carbonyl (C=O) groups excluding carboxylic acids is 1. The third kappa shape index (κ3) is 5.20. The van der Waals surface area contributed by atoms with E-state index < -0.39 is 0 Å². The zero-order valence-corrected chi connectivity index (χ0v) is 14.3. The average molecular weight is 315 g/mol. The second-order valence-corrected chi connectivity index (χ2v) is 6.49. The molecule has 0 saturated heterocycles.